The van der Waals surface area contributed by atoms with E-state index in [0.717, 1.165) is 22.9 Å². The van der Waals surface area contributed by atoms with Crippen LogP contribution in [0.15, 0.2) is 65.0 Å². The minimum Gasteiger partial charge on any atom is -0.361 e. The predicted octanol–water partition coefficient (Wildman–Crippen LogP) is 3.74. The molecule has 0 fully saturated rings. The van der Waals surface area contributed by atoms with Crippen molar-refractivity contribution in [3.05, 3.63) is 71.4 Å². The van der Waals surface area contributed by atoms with Gasteiger partial charge >= 0.3 is 0 Å². The lowest BCUT2D eigenvalue weighted by atomic mass is 10.1. The number of fused-ring (bicyclic) bond motifs is 1. The van der Waals surface area contributed by atoms with Crippen molar-refractivity contribution in [2.45, 2.75) is 11.3 Å². The molecule has 154 valence electrons. The summed E-state index contributed by atoms with van der Waals surface area (Å²) in [4.78, 5) is 20.2. The minimum atomic E-state index is -3.23. The Morgan fingerprint density at radius 1 is 1.13 bits per heavy atom. The van der Waals surface area contributed by atoms with Gasteiger partial charge in [-0.15, -0.1) is 11.3 Å². The van der Waals surface area contributed by atoms with Gasteiger partial charge in [-0.1, -0.05) is 18.2 Å². The summed E-state index contributed by atoms with van der Waals surface area (Å²) >= 11 is 1.31. The zero-order chi connectivity index (χ0) is 21.1. The Labute approximate surface area is 178 Å². The van der Waals surface area contributed by atoms with Crippen molar-refractivity contribution >= 4 is 48.8 Å². The van der Waals surface area contributed by atoms with E-state index in [1.807, 2.05) is 24.4 Å². The molecular formula is C21H20N4O3S2. The standard InChI is InChI=1S/C21H20N4O3S2/c1-30(27,28)16-8-6-15(7-9-16)24-21-25-19(13-29-21)20(26)22-11-10-14-12-23-18-5-3-2-4-17(14)18/h2-9,12-13,23H,10-11H2,1H3,(H,22,26)(H,24,25). The lowest BCUT2D eigenvalue weighted by Crippen LogP contribution is -2.25. The van der Waals surface area contributed by atoms with Gasteiger partial charge in [-0.05, 0) is 42.3 Å². The van der Waals surface area contributed by atoms with Gasteiger partial charge in [0.15, 0.2) is 15.0 Å². The number of aromatic amines is 1. The maximum Gasteiger partial charge on any atom is 0.270 e. The fourth-order valence-electron chi connectivity index (χ4n) is 3.08. The zero-order valence-electron chi connectivity index (χ0n) is 16.2. The molecule has 4 aromatic rings. The van der Waals surface area contributed by atoms with Gasteiger partial charge in [-0.3, -0.25) is 4.79 Å². The van der Waals surface area contributed by atoms with Gasteiger partial charge in [0, 0.05) is 41.0 Å². The molecule has 0 spiro atoms. The number of amides is 1. The zero-order valence-corrected chi connectivity index (χ0v) is 17.8. The molecule has 7 nitrogen and oxygen atoms in total. The number of nitrogens with one attached hydrogen (secondary N) is 3. The number of sulfone groups is 1. The van der Waals surface area contributed by atoms with E-state index in [1.165, 1.54) is 29.7 Å². The fourth-order valence-corrected chi connectivity index (χ4v) is 4.43. The average molecular weight is 441 g/mol. The molecule has 9 heteroatoms. The van der Waals surface area contributed by atoms with E-state index >= 15 is 0 Å². The van der Waals surface area contributed by atoms with E-state index in [-0.39, 0.29) is 10.8 Å². The van der Waals surface area contributed by atoms with E-state index in [0.29, 0.717) is 23.1 Å². The van der Waals surface area contributed by atoms with Gasteiger partial charge in [0.1, 0.15) is 5.69 Å². The van der Waals surface area contributed by atoms with Crippen LogP contribution in [0.5, 0.6) is 0 Å². The molecule has 0 saturated heterocycles. The van der Waals surface area contributed by atoms with E-state index < -0.39 is 9.84 Å². The first-order chi connectivity index (χ1) is 14.4. The number of rotatable bonds is 7. The second kappa shape index (κ2) is 8.29. The Kier molecular flexibility index (Phi) is 5.56. The molecule has 3 N–H and O–H groups in total. The number of H-pyrrole nitrogens is 1. The number of nitrogens with zero attached hydrogens (tertiary/aromatic N) is 1. The summed E-state index contributed by atoms with van der Waals surface area (Å²) in [7, 11) is -3.23. The van der Waals surface area contributed by atoms with Crippen LogP contribution in [0.1, 0.15) is 16.1 Å². The van der Waals surface area contributed by atoms with Crippen molar-refractivity contribution < 1.29 is 13.2 Å². The molecule has 0 unspecified atom stereocenters. The maximum absolute atomic E-state index is 12.4. The van der Waals surface area contributed by atoms with E-state index in [9.17, 15) is 13.2 Å². The number of hydrogen-bond donors (Lipinski definition) is 3. The Balaban J connectivity index is 1.33. The second-order valence-electron chi connectivity index (χ2n) is 6.82. The number of benzene rings is 2. The lowest BCUT2D eigenvalue weighted by molar-refractivity contribution is 0.0950. The number of carbonyl (C=O) groups excluding carboxylic acids is 1. The molecule has 0 bridgehead atoms. The Hall–Kier alpha value is -3.17. The summed E-state index contributed by atoms with van der Waals surface area (Å²) in [6.07, 6.45) is 3.86. The summed E-state index contributed by atoms with van der Waals surface area (Å²) in [6.45, 7) is 0.508. The van der Waals surface area contributed by atoms with Gasteiger partial charge in [0.2, 0.25) is 0 Å². The van der Waals surface area contributed by atoms with Crippen molar-refractivity contribution in [2.75, 3.05) is 18.1 Å². The molecular weight excluding hydrogens is 420 g/mol. The number of anilines is 2. The van der Waals surface area contributed by atoms with E-state index in [1.54, 1.807) is 17.5 Å². The molecule has 2 aromatic heterocycles. The monoisotopic (exact) mass is 440 g/mol. The van der Waals surface area contributed by atoms with Crippen LogP contribution >= 0.6 is 11.3 Å². The van der Waals surface area contributed by atoms with Crippen molar-refractivity contribution in [1.82, 2.24) is 15.3 Å². The highest BCUT2D eigenvalue weighted by atomic mass is 32.2. The van der Waals surface area contributed by atoms with Crippen LogP contribution in [0, 0.1) is 0 Å². The molecule has 30 heavy (non-hydrogen) atoms. The van der Waals surface area contributed by atoms with Crippen LogP contribution < -0.4 is 10.6 Å². The minimum absolute atomic E-state index is 0.230. The Bertz CT molecular complexity index is 1290. The average Bonchev–Trinajstić information content (AvgIpc) is 3.35. The van der Waals surface area contributed by atoms with Crippen LogP contribution in [0.4, 0.5) is 10.8 Å². The summed E-state index contributed by atoms with van der Waals surface area (Å²) < 4.78 is 23.1. The van der Waals surface area contributed by atoms with Crippen LogP contribution in [0.2, 0.25) is 0 Å². The van der Waals surface area contributed by atoms with Crippen molar-refractivity contribution in [1.29, 1.82) is 0 Å². The van der Waals surface area contributed by atoms with Crippen LogP contribution in [-0.2, 0) is 16.3 Å². The maximum atomic E-state index is 12.4. The number of hydrogen-bond acceptors (Lipinski definition) is 6. The Morgan fingerprint density at radius 2 is 1.90 bits per heavy atom. The number of aromatic nitrogens is 2. The number of carbonyl (C=O) groups is 1. The molecule has 0 atom stereocenters. The highest BCUT2D eigenvalue weighted by molar-refractivity contribution is 7.90. The van der Waals surface area contributed by atoms with Crippen LogP contribution in [0.25, 0.3) is 10.9 Å². The summed E-state index contributed by atoms with van der Waals surface area (Å²) in [5, 5.41) is 9.39. The molecule has 0 aliphatic rings. The molecule has 0 aliphatic carbocycles. The van der Waals surface area contributed by atoms with Gasteiger partial charge in [-0.25, -0.2) is 13.4 Å². The van der Waals surface area contributed by atoms with Crippen LogP contribution in [0.3, 0.4) is 0 Å². The topological polar surface area (TPSA) is 104 Å². The highest BCUT2D eigenvalue weighted by Gasteiger charge is 2.12. The van der Waals surface area contributed by atoms with Gasteiger partial charge in [0.05, 0.1) is 4.90 Å². The third kappa shape index (κ3) is 4.52. The fraction of sp³-hybridized carbons (Fsp3) is 0.143. The molecule has 1 amide bonds. The first-order valence-electron chi connectivity index (χ1n) is 9.26. The van der Waals surface area contributed by atoms with E-state index in [2.05, 4.69) is 26.7 Å². The van der Waals surface area contributed by atoms with Crippen molar-refractivity contribution in [2.24, 2.45) is 0 Å². The SMILES string of the molecule is CS(=O)(=O)c1ccc(Nc2nc(C(=O)NCCc3c[nH]c4ccccc34)cs2)cc1. The molecule has 4 rings (SSSR count). The predicted molar refractivity (Wildman–Crippen MR) is 119 cm³/mol. The first-order valence-corrected chi connectivity index (χ1v) is 12.0. The van der Waals surface area contributed by atoms with Crippen molar-refractivity contribution in [3.8, 4) is 0 Å². The van der Waals surface area contributed by atoms with E-state index in [4.69, 9.17) is 0 Å². The van der Waals surface area contributed by atoms with Gasteiger partial charge in [0.25, 0.3) is 5.91 Å². The molecule has 0 aliphatic heterocycles. The van der Waals surface area contributed by atoms with Crippen molar-refractivity contribution in [3.63, 3.8) is 0 Å². The highest BCUT2D eigenvalue weighted by Crippen LogP contribution is 2.22. The molecule has 0 radical (unpaired) electrons. The second-order valence-corrected chi connectivity index (χ2v) is 9.70. The third-order valence-electron chi connectivity index (χ3n) is 4.63. The molecule has 0 saturated carbocycles. The third-order valence-corrected chi connectivity index (χ3v) is 6.51. The molecule has 2 aromatic carbocycles. The molecule has 2 heterocycles. The first kappa shape index (κ1) is 20.1. The number of para-hydroxylation sites is 1. The smallest absolute Gasteiger partial charge is 0.270 e. The Morgan fingerprint density at radius 3 is 2.67 bits per heavy atom. The van der Waals surface area contributed by atoms with Gasteiger partial charge < -0.3 is 15.6 Å². The summed E-state index contributed by atoms with van der Waals surface area (Å²) in [5.74, 6) is -0.230. The number of thiazole rings is 1. The normalized spacial score (nSPS) is 11.5. The largest absolute Gasteiger partial charge is 0.361 e. The summed E-state index contributed by atoms with van der Waals surface area (Å²) in [5.41, 5.74) is 3.28. The summed E-state index contributed by atoms with van der Waals surface area (Å²) in [6, 6.07) is 14.5. The van der Waals surface area contributed by atoms with Gasteiger partial charge in [-0.2, -0.15) is 0 Å². The van der Waals surface area contributed by atoms with Crippen LogP contribution in [-0.4, -0.2) is 37.1 Å². The lowest BCUT2D eigenvalue weighted by Gasteiger charge is -2.04. The quantitative estimate of drug-likeness (QED) is 0.406.